The van der Waals surface area contributed by atoms with Crippen LogP contribution in [0.3, 0.4) is 0 Å². The Hall–Kier alpha value is -0.800. The largest absolute Gasteiger partial charge is 0.497 e. The third kappa shape index (κ3) is 3.09. The molecule has 0 aliphatic carbocycles. The first kappa shape index (κ1) is 13.3. The van der Waals surface area contributed by atoms with Crippen LogP contribution in [0.2, 0.25) is 0 Å². The minimum Gasteiger partial charge on any atom is -0.497 e. The van der Waals surface area contributed by atoms with Gasteiger partial charge in [-0.05, 0) is 30.2 Å². The molecule has 1 aromatic rings. The van der Waals surface area contributed by atoms with E-state index >= 15 is 0 Å². The van der Waals surface area contributed by atoms with Crippen molar-refractivity contribution in [3.8, 4) is 5.75 Å². The van der Waals surface area contributed by atoms with Gasteiger partial charge in [0.1, 0.15) is 5.75 Å². The van der Waals surface area contributed by atoms with Crippen LogP contribution in [-0.2, 0) is 6.42 Å². The zero-order valence-electron chi connectivity index (χ0n) is 9.66. The first-order valence-electron chi connectivity index (χ1n) is 5.11. The standard InChI is InChI=1S/C13H17BrO2/c1-4-13(2,9-15)8-10-7-11(16-3)5-6-12(10)14/h4-7,15H,1,8-9H2,2-3H3. The predicted octanol–water partition coefficient (Wildman–Crippen LogP) is 3.18. The quantitative estimate of drug-likeness (QED) is 0.842. The number of benzene rings is 1. The lowest BCUT2D eigenvalue weighted by Gasteiger charge is -2.23. The van der Waals surface area contributed by atoms with Crippen LogP contribution in [-0.4, -0.2) is 18.8 Å². The normalized spacial score (nSPS) is 14.2. The van der Waals surface area contributed by atoms with E-state index in [0.29, 0.717) is 0 Å². The summed E-state index contributed by atoms with van der Waals surface area (Å²) in [5, 5.41) is 9.35. The second-order valence-corrected chi connectivity index (χ2v) is 5.00. The molecule has 2 nitrogen and oxygen atoms in total. The molecule has 3 heteroatoms. The van der Waals surface area contributed by atoms with E-state index in [1.54, 1.807) is 13.2 Å². The van der Waals surface area contributed by atoms with Crippen LogP contribution in [0.4, 0.5) is 0 Å². The third-order valence-electron chi connectivity index (χ3n) is 2.70. The van der Waals surface area contributed by atoms with Crippen molar-refractivity contribution in [2.75, 3.05) is 13.7 Å². The van der Waals surface area contributed by atoms with Crippen molar-refractivity contribution >= 4 is 15.9 Å². The van der Waals surface area contributed by atoms with Gasteiger partial charge in [-0.2, -0.15) is 0 Å². The molecule has 0 heterocycles. The molecule has 0 bridgehead atoms. The zero-order chi connectivity index (χ0) is 12.2. The van der Waals surface area contributed by atoms with E-state index in [0.717, 1.165) is 22.2 Å². The molecule has 0 amide bonds. The molecule has 0 radical (unpaired) electrons. The molecule has 0 aromatic heterocycles. The van der Waals surface area contributed by atoms with Gasteiger partial charge in [-0.3, -0.25) is 0 Å². The Bertz CT molecular complexity index is 376. The molecule has 0 spiro atoms. The zero-order valence-corrected chi connectivity index (χ0v) is 11.3. The van der Waals surface area contributed by atoms with Crippen LogP contribution in [0.1, 0.15) is 12.5 Å². The van der Waals surface area contributed by atoms with Crippen LogP contribution in [0.15, 0.2) is 35.3 Å². The highest BCUT2D eigenvalue weighted by Gasteiger charge is 2.21. The second kappa shape index (κ2) is 5.51. The van der Waals surface area contributed by atoms with Gasteiger partial charge in [-0.25, -0.2) is 0 Å². The molecule has 1 N–H and O–H groups in total. The fourth-order valence-electron chi connectivity index (χ4n) is 1.44. The summed E-state index contributed by atoms with van der Waals surface area (Å²) in [6.45, 7) is 5.83. The van der Waals surface area contributed by atoms with E-state index in [9.17, 15) is 5.11 Å². The number of hydrogen-bond acceptors (Lipinski definition) is 2. The molecular formula is C13H17BrO2. The highest BCUT2D eigenvalue weighted by molar-refractivity contribution is 9.10. The van der Waals surface area contributed by atoms with Gasteiger partial charge in [0.25, 0.3) is 0 Å². The molecule has 0 aliphatic rings. The fraction of sp³-hybridized carbons (Fsp3) is 0.385. The maximum Gasteiger partial charge on any atom is 0.119 e. The number of aliphatic hydroxyl groups excluding tert-OH is 1. The molecule has 88 valence electrons. The molecule has 0 saturated carbocycles. The van der Waals surface area contributed by atoms with Crippen molar-refractivity contribution in [2.24, 2.45) is 5.41 Å². The summed E-state index contributed by atoms with van der Waals surface area (Å²) in [5.74, 6) is 0.822. The predicted molar refractivity (Wildman–Crippen MR) is 69.8 cm³/mol. The van der Waals surface area contributed by atoms with Gasteiger partial charge in [-0.1, -0.05) is 28.9 Å². The van der Waals surface area contributed by atoms with Gasteiger partial charge in [0, 0.05) is 9.89 Å². The highest BCUT2D eigenvalue weighted by Crippen LogP contribution is 2.30. The smallest absolute Gasteiger partial charge is 0.119 e. The van der Waals surface area contributed by atoms with Crippen LogP contribution >= 0.6 is 15.9 Å². The average Bonchev–Trinajstić information content (AvgIpc) is 2.32. The minimum absolute atomic E-state index is 0.0835. The second-order valence-electron chi connectivity index (χ2n) is 4.15. The van der Waals surface area contributed by atoms with Crippen LogP contribution in [0, 0.1) is 5.41 Å². The van der Waals surface area contributed by atoms with E-state index in [-0.39, 0.29) is 12.0 Å². The molecule has 1 rings (SSSR count). The Balaban J connectivity index is 2.99. The Morgan fingerprint density at radius 1 is 1.56 bits per heavy atom. The summed E-state index contributed by atoms with van der Waals surface area (Å²) in [6.07, 6.45) is 2.52. The Labute approximate surface area is 105 Å². The number of ether oxygens (including phenoxy) is 1. The van der Waals surface area contributed by atoms with E-state index in [4.69, 9.17) is 4.74 Å². The van der Waals surface area contributed by atoms with Crippen molar-refractivity contribution in [1.82, 2.24) is 0 Å². The minimum atomic E-state index is -0.297. The molecular weight excluding hydrogens is 268 g/mol. The lowest BCUT2D eigenvalue weighted by atomic mass is 9.84. The monoisotopic (exact) mass is 284 g/mol. The Morgan fingerprint density at radius 3 is 2.75 bits per heavy atom. The molecule has 0 fully saturated rings. The van der Waals surface area contributed by atoms with Crippen molar-refractivity contribution in [3.63, 3.8) is 0 Å². The van der Waals surface area contributed by atoms with E-state index in [1.807, 2.05) is 25.1 Å². The lowest BCUT2D eigenvalue weighted by molar-refractivity contribution is 0.184. The van der Waals surface area contributed by atoms with Gasteiger partial charge < -0.3 is 9.84 Å². The fourth-order valence-corrected chi connectivity index (χ4v) is 1.83. The average molecular weight is 285 g/mol. The first-order chi connectivity index (χ1) is 7.54. The molecule has 0 aliphatic heterocycles. The SMILES string of the molecule is C=CC(C)(CO)Cc1cc(OC)ccc1Br. The third-order valence-corrected chi connectivity index (χ3v) is 3.47. The Kier molecular flexibility index (Phi) is 4.56. The van der Waals surface area contributed by atoms with Crippen LogP contribution in [0.25, 0.3) is 0 Å². The summed E-state index contributed by atoms with van der Waals surface area (Å²) >= 11 is 3.50. The number of aliphatic hydroxyl groups is 1. The first-order valence-corrected chi connectivity index (χ1v) is 5.91. The van der Waals surface area contributed by atoms with Gasteiger partial charge in [0.2, 0.25) is 0 Å². The highest BCUT2D eigenvalue weighted by atomic mass is 79.9. The molecule has 0 saturated heterocycles. The molecule has 1 aromatic carbocycles. The summed E-state index contributed by atoms with van der Waals surface area (Å²) in [5.41, 5.74) is 0.810. The maximum atomic E-state index is 9.35. The van der Waals surface area contributed by atoms with Crippen LogP contribution in [0.5, 0.6) is 5.75 Å². The number of methoxy groups -OCH3 is 1. The summed E-state index contributed by atoms with van der Waals surface area (Å²) in [7, 11) is 1.64. The summed E-state index contributed by atoms with van der Waals surface area (Å²) < 4.78 is 6.21. The van der Waals surface area contributed by atoms with E-state index in [1.165, 1.54) is 0 Å². The number of rotatable bonds is 5. The Morgan fingerprint density at radius 2 is 2.25 bits per heavy atom. The van der Waals surface area contributed by atoms with Crippen LogP contribution < -0.4 is 4.74 Å². The summed E-state index contributed by atoms with van der Waals surface area (Å²) in [4.78, 5) is 0. The maximum absolute atomic E-state index is 9.35. The van der Waals surface area contributed by atoms with Crippen molar-refractivity contribution < 1.29 is 9.84 Å². The number of halogens is 1. The lowest BCUT2D eigenvalue weighted by Crippen LogP contribution is -2.21. The van der Waals surface area contributed by atoms with Crippen molar-refractivity contribution in [1.29, 1.82) is 0 Å². The van der Waals surface area contributed by atoms with Gasteiger partial charge in [-0.15, -0.1) is 6.58 Å². The van der Waals surface area contributed by atoms with E-state index in [2.05, 4.69) is 22.5 Å². The van der Waals surface area contributed by atoms with Crippen molar-refractivity contribution in [2.45, 2.75) is 13.3 Å². The molecule has 1 atom stereocenters. The molecule has 1 unspecified atom stereocenters. The summed E-state index contributed by atoms with van der Waals surface area (Å²) in [6, 6.07) is 5.83. The van der Waals surface area contributed by atoms with Gasteiger partial charge >= 0.3 is 0 Å². The van der Waals surface area contributed by atoms with Crippen molar-refractivity contribution in [3.05, 3.63) is 40.9 Å². The van der Waals surface area contributed by atoms with Gasteiger partial charge in [0.15, 0.2) is 0 Å². The van der Waals surface area contributed by atoms with E-state index < -0.39 is 0 Å². The van der Waals surface area contributed by atoms with Gasteiger partial charge in [0.05, 0.1) is 13.7 Å². The number of hydrogen-bond donors (Lipinski definition) is 1. The molecule has 16 heavy (non-hydrogen) atoms. The topological polar surface area (TPSA) is 29.5 Å².